The molecule has 0 bridgehead atoms. The van der Waals surface area contributed by atoms with Gasteiger partial charge in [-0.2, -0.15) is 5.26 Å². The van der Waals surface area contributed by atoms with Gasteiger partial charge in [0.2, 0.25) is 11.5 Å². The molecule has 13 nitrogen and oxygen atoms in total. The Hall–Kier alpha value is -3.60. The minimum atomic E-state index is -2.05. The summed E-state index contributed by atoms with van der Waals surface area (Å²) in [7, 11) is 1.53. The van der Waals surface area contributed by atoms with E-state index in [0.717, 1.165) is 25.7 Å². The first kappa shape index (κ1) is 35.9. The van der Waals surface area contributed by atoms with Gasteiger partial charge in [0.1, 0.15) is 37.3 Å². The number of H-pyrrole nitrogens is 1. The van der Waals surface area contributed by atoms with Crippen LogP contribution in [0.15, 0.2) is 22.1 Å². The Labute approximate surface area is 265 Å². The Morgan fingerprint density at radius 3 is 2.51 bits per heavy atom. The number of esters is 2. The lowest BCUT2D eigenvalue weighted by Gasteiger charge is -2.28. The molecule has 2 aliphatic rings. The third kappa shape index (κ3) is 8.56. The van der Waals surface area contributed by atoms with Crippen LogP contribution in [0.2, 0.25) is 0 Å². The smallest absolute Gasteiger partial charge is 0.323 e. The maximum atomic E-state index is 13.1. The van der Waals surface area contributed by atoms with Crippen molar-refractivity contribution in [2.75, 3.05) is 13.7 Å². The molecule has 1 aliphatic heterocycles. The summed E-state index contributed by atoms with van der Waals surface area (Å²) >= 11 is 0. The van der Waals surface area contributed by atoms with Gasteiger partial charge >= 0.3 is 11.9 Å². The second-order valence-electron chi connectivity index (χ2n) is 12.9. The molecule has 3 rings (SSSR count). The number of rotatable bonds is 12. The number of aliphatic hydroxyl groups excluding tert-OH is 1. The number of aliphatic hydroxyl groups is 1. The molecule has 0 unspecified atom stereocenters. The van der Waals surface area contributed by atoms with Gasteiger partial charge < -0.3 is 35.4 Å². The zero-order chi connectivity index (χ0) is 33.4. The van der Waals surface area contributed by atoms with Crippen LogP contribution in [0.4, 0.5) is 0 Å². The van der Waals surface area contributed by atoms with E-state index < -0.39 is 47.3 Å². The standard InChI is InChI=1S/C32H48N6O7/c1-7-20(8-2)29(41)38-28(36-18-35-6)21-13-14-23(37-21)32(17-33)27(40)25(44-30(42)26(34)31(3,4)5)22(45-32)16-43-24(39)15-19-11-9-10-12-19/h13-14,18-20,22,25-27,37,40H,7-12,15-16,34H2,1-6H3,(H,35,36,38,41)/t22-,25-,26-,27-,32+/m1/s1. The lowest BCUT2D eigenvalue weighted by atomic mass is 9.87. The molecule has 45 heavy (non-hydrogen) atoms. The van der Waals surface area contributed by atoms with Crippen molar-refractivity contribution in [2.45, 2.75) is 110 Å². The lowest BCUT2D eigenvalue weighted by molar-refractivity contribution is -0.163. The average molecular weight is 629 g/mol. The molecule has 1 aromatic heterocycles. The van der Waals surface area contributed by atoms with Crippen LogP contribution in [-0.4, -0.2) is 78.1 Å². The summed E-state index contributed by atoms with van der Waals surface area (Å²) in [6, 6.07) is 4.08. The molecule has 1 aliphatic carbocycles. The van der Waals surface area contributed by atoms with Gasteiger partial charge in [-0.25, -0.2) is 4.99 Å². The Morgan fingerprint density at radius 2 is 1.93 bits per heavy atom. The van der Waals surface area contributed by atoms with Gasteiger partial charge in [-0.1, -0.05) is 47.5 Å². The molecule has 0 spiro atoms. The van der Waals surface area contributed by atoms with Crippen LogP contribution in [0.5, 0.6) is 0 Å². The van der Waals surface area contributed by atoms with Crippen LogP contribution < -0.4 is 11.1 Å². The number of amides is 1. The third-order valence-electron chi connectivity index (χ3n) is 8.62. The Morgan fingerprint density at radius 1 is 1.27 bits per heavy atom. The van der Waals surface area contributed by atoms with Gasteiger partial charge in [0.15, 0.2) is 11.9 Å². The van der Waals surface area contributed by atoms with Crippen molar-refractivity contribution in [1.82, 2.24) is 10.3 Å². The number of aliphatic imine (C=N–C) groups is 2. The molecule has 13 heteroatoms. The molecule has 5 N–H and O–H groups in total. The largest absolute Gasteiger partial charge is 0.463 e. The topological polar surface area (TPSA) is 201 Å². The second kappa shape index (κ2) is 15.6. The van der Waals surface area contributed by atoms with Gasteiger partial charge in [0, 0.05) is 19.4 Å². The highest BCUT2D eigenvalue weighted by Crippen LogP contribution is 2.41. The molecule has 2 fully saturated rings. The third-order valence-corrected chi connectivity index (χ3v) is 8.62. The highest BCUT2D eigenvalue weighted by molar-refractivity contribution is 6.09. The number of hydrogen-bond acceptors (Lipinski definition) is 10. The molecule has 0 radical (unpaired) electrons. The van der Waals surface area contributed by atoms with E-state index in [-0.39, 0.29) is 42.3 Å². The van der Waals surface area contributed by atoms with Gasteiger partial charge in [0.05, 0.1) is 11.4 Å². The maximum Gasteiger partial charge on any atom is 0.323 e. The summed E-state index contributed by atoms with van der Waals surface area (Å²) in [4.78, 5) is 49.7. The van der Waals surface area contributed by atoms with E-state index in [1.54, 1.807) is 26.8 Å². The number of amidine groups is 1. The van der Waals surface area contributed by atoms with Crippen molar-refractivity contribution in [3.05, 3.63) is 23.5 Å². The predicted molar refractivity (Wildman–Crippen MR) is 167 cm³/mol. The number of nitrogens with one attached hydrogen (secondary N) is 2. The molecular weight excluding hydrogens is 580 g/mol. The fraction of sp³-hybridized carbons (Fsp3) is 0.688. The monoisotopic (exact) mass is 628 g/mol. The molecule has 5 atom stereocenters. The highest BCUT2D eigenvalue weighted by Gasteiger charge is 2.59. The summed E-state index contributed by atoms with van der Waals surface area (Å²) in [6.07, 6.45) is 2.60. The van der Waals surface area contributed by atoms with Crippen molar-refractivity contribution < 1.29 is 33.7 Å². The number of hydrogen-bond donors (Lipinski definition) is 4. The normalized spacial score (nSPS) is 25.0. The Kier molecular flexibility index (Phi) is 12.4. The van der Waals surface area contributed by atoms with Crippen LogP contribution in [-0.2, 0) is 34.2 Å². The van der Waals surface area contributed by atoms with Gasteiger partial charge in [-0.15, -0.1) is 0 Å². The number of nitrogens with two attached hydrogens (primary N) is 1. The fourth-order valence-corrected chi connectivity index (χ4v) is 5.61. The first-order valence-corrected chi connectivity index (χ1v) is 15.7. The van der Waals surface area contributed by atoms with E-state index in [1.807, 2.05) is 19.9 Å². The number of nitriles is 1. The first-order valence-electron chi connectivity index (χ1n) is 15.7. The zero-order valence-corrected chi connectivity index (χ0v) is 27.2. The molecule has 1 saturated carbocycles. The Bertz CT molecular complexity index is 1290. The van der Waals surface area contributed by atoms with Gasteiger partial charge in [-0.3, -0.25) is 19.4 Å². The quantitative estimate of drug-likeness (QED) is 0.153. The SMILES string of the molecule is CCC(CC)C(=O)NC(=NC=NC)c1ccc([C@]2(C#N)O[C@H](COC(=O)CC3CCCC3)[C@@H](OC(=O)[C@@H](N)C(C)(C)C)[C@H]2O)[nH]1. The number of carbonyl (C=O) groups is 3. The van der Waals surface area contributed by atoms with Gasteiger partial charge in [-0.05, 0) is 49.1 Å². The lowest BCUT2D eigenvalue weighted by Crippen LogP contribution is -2.49. The number of carbonyl (C=O) groups excluding carboxylic acids is 3. The minimum Gasteiger partial charge on any atom is -0.463 e. The maximum absolute atomic E-state index is 13.1. The fourth-order valence-electron chi connectivity index (χ4n) is 5.61. The molecular formula is C32H48N6O7. The van der Waals surface area contributed by atoms with Crippen molar-refractivity contribution in [2.24, 2.45) is 33.0 Å². The second-order valence-corrected chi connectivity index (χ2v) is 12.9. The molecule has 1 aromatic rings. The van der Waals surface area contributed by atoms with Crippen LogP contribution in [0.1, 0.15) is 91.0 Å². The van der Waals surface area contributed by atoms with Crippen LogP contribution in [0, 0.1) is 28.6 Å². The van der Waals surface area contributed by atoms with Crippen LogP contribution in [0.25, 0.3) is 0 Å². The van der Waals surface area contributed by atoms with E-state index in [2.05, 4.69) is 20.3 Å². The summed E-state index contributed by atoms with van der Waals surface area (Å²) in [5.74, 6) is -1.29. The predicted octanol–water partition coefficient (Wildman–Crippen LogP) is 2.86. The van der Waals surface area contributed by atoms with Crippen molar-refractivity contribution in [3.8, 4) is 6.07 Å². The number of nitrogens with zero attached hydrogens (tertiary/aromatic N) is 3. The Balaban J connectivity index is 1.92. The average Bonchev–Trinajstić information content (AvgIpc) is 3.75. The van der Waals surface area contributed by atoms with E-state index in [0.29, 0.717) is 18.5 Å². The van der Waals surface area contributed by atoms with E-state index in [4.69, 9.17) is 19.9 Å². The van der Waals surface area contributed by atoms with Gasteiger partial charge in [0.25, 0.3) is 0 Å². The number of aromatic nitrogens is 1. The number of ether oxygens (including phenoxy) is 3. The number of aromatic amines is 1. The molecule has 1 saturated heterocycles. The molecule has 1 amide bonds. The highest BCUT2D eigenvalue weighted by atomic mass is 16.6. The van der Waals surface area contributed by atoms with Crippen molar-refractivity contribution >= 4 is 30.0 Å². The van der Waals surface area contributed by atoms with Crippen LogP contribution >= 0.6 is 0 Å². The van der Waals surface area contributed by atoms with E-state index >= 15 is 0 Å². The van der Waals surface area contributed by atoms with Crippen molar-refractivity contribution in [1.29, 1.82) is 5.26 Å². The molecule has 248 valence electrons. The van der Waals surface area contributed by atoms with Crippen LogP contribution in [0.3, 0.4) is 0 Å². The summed E-state index contributed by atoms with van der Waals surface area (Å²) in [5.41, 5.74) is 3.87. The van der Waals surface area contributed by atoms with E-state index in [9.17, 15) is 24.8 Å². The molecule has 0 aromatic carbocycles. The molecule has 2 heterocycles. The van der Waals surface area contributed by atoms with Crippen molar-refractivity contribution in [3.63, 3.8) is 0 Å². The van der Waals surface area contributed by atoms with E-state index in [1.165, 1.54) is 19.5 Å². The summed E-state index contributed by atoms with van der Waals surface area (Å²) in [5, 5.41) is 24.8. The summed E-state index contributed by atoms with van der Waals surface area (Å²) in [6.45, 7) is 8.79. The zero-order valence-electron chi connectivity index (χ0n) is 27.2. The first-order chi connectivity index (χ1) is 21.3. The minimum absolute atomic E-state index is 0.117. The summed E-state index contributed by atoms with van der Waals surface area (Å²) < 4.78 is 17.3.